The van der Waals surface area contributed by atoms with Crippen LogP contribution in [0, 0.1) is 0 Å². The molecular formula is C17H16F3NO2. The van der Waals surface area contributed by atoms with Crippen molar-refractivity contribution < 1.29 is 23.1 Å². The Kier molecular flexibility index (Phi) is 5.39. The molecule has 0 spiro atoms. The molecule has 0 saturated heterocycles. The van der Waals surface area contributed by atoms with Crippen LogP contribution in [-0.2, 0) is 6.18 Å². The van der Waals surface area contributed by atoms with Crippen LogP contribution in [0.4, 0.5) is 13.2 Å². The van der Waals surface area contributed by atoms with Crippen LogP contribution in [0.15, 0.2) is 54.6 Å². The largest absolute Gasteiger partial charge is 0.416 e. The molecule has 0 aliphatic heterocycles. The molecule has 122 valence electrons. The highest BCUT2D eigenvalue weighted by Gasteiger charge is 2.30. The number of amides is 1. The van der Waals surface area contributed by atoms with Crippen LogP contribution in [0.5, 0.6) is 0 Å². The van der Waals surface area contributed by atoms with Crippen LogP contribution < -0.4 is 5.32 Å². The second-order valence-electron chi connectivity index (χ2n) is 5.05. The van der Waals surface area contributed by atoms with Crippen LogP contribution in [0.2, 0.25) is 0 Å². The van der Waals surface area contributed by atoms with Crippen molar-refractivity contribution in [1.82, 2.24) is 5.32 Å². The SMILES string of the molecule is O=C(NCC[C@@H](O)c1ccccc1)c1cccc(C(F)(F)F)c1. The van der Waals surface area contributed by atoms with E-state index in [9.17, 15) is 23.1 Å². The molecule has 2 rings (SSSR count). The molecule has 0 aromatic heterocycles. The Morgan fingerprint density at radius 2 is 1.78 bits per heavy atom. The Balaban J connectivity index is 1.90. The van der Waals surface area contributed by atoms with Gasteiger partial charge in [0.25, 0.3) is 5.91 Å². The van der Waals surface area contributed by atoms with Crippen LogP contribution in [-0.4, -0.2) is 17.6 Å². The summed E-state index contributed by atoms with van der Waals surface area (Å²) in [7, 11) is 0. The lowest BCUT2D eigenvalue weighted by molar-refractivity contribution is -0.137. The van der Waals surface area contributed by atoms with Crippen molar-refractivity contribution in [1.29, 1.82) is 0 Å². The van der Waals surface area contributed by atoms with E-state index in [2.05, 4.69) is 5.32 Å². The van der Waals surface area contributed by atoms with Crippen molar-refractivity contribution >= 4 is 5.91 Å². The van der Waals surface area contributed by atoms with E-state index in [-0.39, 0.29) is 18.5 Å². The van der Waals surface area contributed by atoms with Crippen molar-refractivity contribution in [2.75, 3.05) is 6.54 Å². The molecule has 0 bridgehead atoms. The summed E-state index contributed by atoms with van der Waals surface area (Å²) in [5.41, 5.74) is -0.204. The first-order chi connectivity index (χ1) is 10.9. The highest BCUT2D eigenvalue weighted by Crippen LogP contribution is 2.29. The van der Waals surface area contributed by atoms with Gasteiger partial charge >= 0.3 is 6.18 Å². The number of aliphatic hydroxyl groups excluding tert-OH is 1. The molecule has 1 amide bonds. The highest BCUT2D eigenvalue weighted by molar-refractivity contribution is 5.94. The van der Waals surface area contributed by atoms with E-state index >= 15 is 0 Å². The van der Waals surface area contributed by atoms with E-state index < -0.39 is 23.8 Å². The third-order valence-electron chi connectivity index (χ3n) is 3.34. The molecule has 0 radical (unpaired) electrons. The zero-order valence-electron chi connectivity index (χ0n) is 12.2. The maximum absolute atomic E-state index is 12.6. The van der Waals surface area contributed by atoms with Gasteiger partial charge in [0.05, 0.1) is 11.7 Å². The quantitative estimate of drug-likeness (QED) is 0.884. The molecule has 0 unspecified atom stereocenters. The van der Waals surface area contributed by atoms with Crippen LogP contribution in [0.1, 0.15) is 34.0 Å². The Hall–Kier alpha value is -2.34. The van der Waals surface area contributed by atoms with Gasteiger partial charge in [-0.15, -0.1) is 0 Å². The van der Waals surface area contributed by atoms with Gasteiger partial charge in [-0.05, 0) is 30.2 Å². The predicted octanol–water partition coefficient (Wildman–Crippen LogP) is 3.56. The monoisotopic (exact) mass is 323 g/mol. The molecule has 2 aromatic rings. The zero-order chi connectivity index (χ0) is 16.9. The number of rotatable bonds is 5. The second kappa shape index (κ2) is 7.28. The maximum Gasteiger partial charge on any atom is 0.416 e. The molecule has 0 heterocycles. The van der Waals surface area contributed by atoms with E-state index in [0.29, 0.717) is 0 Å². The van der Waals surface area contributed by atoms with Crippen LogP contribution >= 0.6 is 0 Å². The number of carbonyl (C=O) groups excluding carboxylic acids is 1. The summed E-state index contributed by atoms with van der Waals surface area (Å²) in [6.07, 6.45) is -4.95. The molecule has 23 heavy (non-hydrogen) atoms. The lowest BCUT2D eigenvalue weighted by Crippen LogP contribution is -2.26. The lowest BCUT2D eigenvalue weighted by Gasteiger charge is -2.12. The van der Waals surface area contributed by atoms with Crippen molar-refractivity contribution in [3.8, 4) is 0 Å². The molecule has 0 aliphatic carbocycles. The van der Waals surface area contributed by atoms with Gasteiger partial charge in [0.1, 0.15) is 0 Å². The Bertz CT molecular complexity index is 656. The maximum atomic E-state index is 12.6. The van der Waals surface area contributed by atoms with Crippen LogP contribution in [0.3, 0.4) is 0 Å². The standard InChI is InChI=1S/C17H16F3NO2/c18-17(19,20)14-8-4-7-13(11-14)16(23)21-10-9-15(22)12-5-2-1-3-6-12/h1-8,11,15,22H,9-10H2,(H,21,23)/t15-/m1/s1. The van der Waals surface area contributed by atoms with Gasteiger partial charge < -0.3 is 10.4 Å². The summed E-state index contributed by atoms with van der Waals surface area (Å²) >= 11 is 0. The third kappa shape index (κ3) is 4.82. The molecule has 0 aliphatic rings. The van der Waals surface area contributed by atoms with Gasteiger partial charge in [0.2, 0.25) is 0 Å². The van der Waals surface area contributed by atoms with E-state index in [1.54, 1.807) is 24.3 Å². The van der Waals surface area contributed by atoms with Gasteiger partial charge in [-0.1, -0.05) is 36.4 Å². The summed E-state index contributed by atoms with van der Waals surface area (Å²) in [5.74, 6) is -0.601. The summed E-state index contributed by atoms with van der Waals surface area (Å²) in [4.78, 5) is 11.9. The normalized spacial score (nSPS) is 12.7. The van der Waals surface area contributed by atoms with Crippen molar-refractivity contribution in [3.63, 3.8) is 0 Å². The predicted molar refractivity (Wildman–Crippen MR) is 79.8 cm³/mol. The molecule has 3 nitrogen and oxygen atoms in total. The number of benzene rings is 2. The van der Waals surface area contributed by atoms with Crippen molar-refractivity contribution in [2.45, 2.75) is 18.7 Å². The minimum absolute atomic E-state index is 0.0611. The molecular weight excluding hydrogens is 307 g/mol. The summed E-state index contributed by atoms with van der Waals surface area (Å²) in [5, 5.41) is 12.5. The topological polar surface area (TPSA) is 49.3 Å². The Morgan fingerprint density at radius 1 is 1.09 bits per heavy atom. The fraction of sp³-hybridized carbons (Fsp3) is 0.235. The number of aliphatic hydroxyl groups is 1. The smallest absolute Gasteiger partial charge is 0.388 e. The van der Waals surface area contributed by atoms with Crippen molar-refractivity contribution in [2.24, 2.45) is 0 Å². The van der Waals surface area contributed by atoms with E-state index in [1.807, 2.05) is 6.07 Å². The first-order valence-electron chi connectivity index (χ1n) is 7.06. The minimum atomic E-state index is -4.49. The van der Waals surface area contributed by atoms with Gasteiger partial charge in [0.15, 0.2) is 0 Å². The van der Waals surface area contributed by atoms with E-state index in [0.717, 1.165) is 17.7 Å². The number of halogens is 3. The average Bonchev–Trinajstić information content (AvgIpc) is 2.54. The lowest BCUT2D eigenvalue weighted by atomic mass is 10.1. The first kappa shape index (κ1) is 17.0. The zero-order valence-corrected chi connectivity index (χ0v) is 12.2. The number of hydrogen-bond acceptors (Lipinski definition) is 2. The summed E-state index contributed by atoms with van der Waals surface area (Å²) in [6, 6.07) is 13.2. The summed E-state index contributed by atoms with van der Waals surface area (Å²) < 4.78 is 37.8. The van der Waals surface area contributed by atoms with E-state index in [4.69, 9.17) is 0 Å². The molecule has 0 fully saturated rings. The number of nitrogens with one attached hydrogen (secondary N) is 1. The number of hydrogen-bond donors (Lipinski definition) is 2. The van der Waals surface area contributed by atoms with Crippen LogP contribution in [0.25, 0.3) is 0 Å². The average molecular weight is 323 g/mol. The Morgan fingerprint density at radius 3 is 2.43 bits per heavy atom. The highest BCUT2D eigenvalue weighted by atomic mass is 19.4. The Labute approximate surface area is 131 Å². The number of alkyl halides is 3. The van der Waals surface area contributed by atoms with Gasteiger partial charge in [0, 0.05) is 12.1 Å². The minimum Gasteiger partial charge on any atom is -0.388 e. The fourth-order valence-electron chi connectivity index (χ4n) is 2.10. The van der Waals surface area contributed by atoms with Crippen molar-refractivity contribution in [3.05, 3.63) is 71.3 Å². The first-order valence-corrected chi connectivity index (χ1v) is 7.06. The molecule has 2 N–H and O–H groups in total. The van der Waals surface area contributed by atoms with Gasteiger partial charge in [-0.3, -0.25) is 4.79 Å². The molecule has 1 atom stereocenters. The third-order valence-corrected chi connectivity index (χ3v) is 3.34. The second-order valence-corrected chi connectivity index (χ2v) is 5.05. The van der Waals surface area contributed by atoms with Gasteiger partial charge in [-0.2, -0.15) is 13.2 Å². The molecule has 2 aromatic carbocycles. The van der Waals surface area contributed by atoms with E-state index in [1.165, 1.54) is 12.1 Å². The van der Waals surface area contributed by atoms with Gasteiger partial charge in [-0.25, -0.2) is 0 Å². The fourth-order valence-corrected chi connectivity index (χ4v) is 2.10. The molecule has 0 saturated carbocycles. The molecule has 6 heteroatoms. The number of carbonyl (C=O) groups is 1. The summed E-state index contributed by atoms with van der Waals surface area (Å²) in [6.45, 7) is 0.158.